The summed E-state index contributed by atoms with van der Waals surface area (Å²) in [5.74, 6) is 1.02. The first-order valence-corrected chi connectivity index (χ1v) is 7.21. The standard InChI is InChI=1S/C18H21NO2/c1-21-17-11-9-15(10-12-17)6-5-13-19-14-18(20)16-7-3-2-4-8-16/h2-4,7-12,19H,5-6,13-14H2,1H3. The van der Waals surface area contributed by atoms with Gasteiger partial charge in [0.25, 0.3) is 0 Å². The van der Waals surface area contributed by atoms with E-state index in [1.54, 1.807) is 7.11 Å². The van der Waals surface area contributed by atoms with Gasteiger partial charge in [-0.25, -0.2) is 0 Å². The van der Waals surface area contributed by atoms with Gasteiger partial charge in [-0.2, -0.15) is 0 Å². The largest absolute Gasteiger partial charge is 0.497 e. The number of rotatable bonds is 8. The molecular formula is C18H21NO2. The first-order valence-electron chi connectivity index (χ1n) is 7.21. The van der Waals surface area contributed by atoms with Crippen molar-refractivity contribution in [1.29, 1.82) is 0 Å². The highest BCUT2D eigenvalue weighted by atomic mass is 16.5. The number of Topliss-reactive ketones (excluding diaryl/α,β-unsaturated/α-hetero) is 1. The third-order valence-electron chi connectivity index (χ3n) is 3.36. The van der Waals surface area contributed by atoms with Gasteiger partial charge in [-0.15, -0.1) is 0 Å². The van der Waals surface area contributed by atoms with Crippen LogP contribution in [0, 0.1) is 0 Å². The van der Waals surface area contributed by atoms with E-state index in [4.69, 9.17) is 4.74 Å². The number of carbonyl (C=O) groups excluding carboxylic acids is 1. The molecule has 0 bridgehead atoms. The zero-order chi connectivity index (χ0) is 14.9. The van der Waals surface area contributed by atoms with Crippen LogP contribution >= 0.6 is 0 Å². The summed E-state index contributed by atoms with van der Waals surface area (Å²) in [6.45, 7) is 1.23. The maximum Gasteiger partial charge on any atom is 0.176 e. The molecule has 0 atom stereocenters. The number of nitrogens with one attached hydrogen (secondary N) is 1. The van der Waals surface area contributed by atoms with E-state index in [1.165, 1.54) is 5.56 Å². The van der Waals surface area contributed by atoms with Crippen molar-refractivity contribution >= 4 is 5.78 Å². The lowest BCUT2D eigenvalue weighted by molar-refractivity contribution is 0.0991. The van der Waals surface area contributed by atoms with Gasteiger partial charge >= 0.3 is 0 Å². The van der Waals surface area contributed by atoms with Crippen LogP contribution < -0.4 is 10.1 Å². The Balaban J connectivity index is 1.64. The predicted octanol–water partition coefficient (Wildman–Crippen LogP) is 3.10. The number of hydrogen-bond donors (Lipinski definition) is 1. The van der Waals surface area contributed by atoms with E-state index in [1.807, 2.05) is 42.5 Å². The average Bonchev–Trinajstić information content (AvgIpc) is 2.55. The summed E-state index contributed by atoms with van der Waals surface area (Å²) < 4.78 is 5.13. The first kappa shape index (κ1) is 15.3. The summed E-state index contributed by atoms with van der Waals surface area (Å²) in [7, 11) is 1.67. The Bertz CT molecular complexity index is 549. The third kappa shape index (κ3) is 5.04. The summed E-state index contributed by atoms with van der Waals surface area (Å²) >= 11 is 0. The van der Waals surface area contributed by atoms with Gasteiger partial charge in [0.1, 0.15) is 5.75 Å². The second-order valence-electron chi connectivity index (χ2n) is 4.92. The van der Waals surface area contributed by atoms with Gasteiger partial charge in [0.15, 0.2) is 5.78 Å². The number of methoxy groups -OCH3 is 1. The second-order valence-corrected chi connectivity index (χ2v) is 4.92. The smallest absolute Gasteiger partial charge is 0.176 e. The second kappa shape index (κ2) is 8.22. The molecule has 1 N–H and O–H groups in total. The highest BCUT2D eigenvalue weighted by Crippen LogP contribution is 2.12. The molecule has 2 aromatic rings. The Labute approximate surface area is 126 Å². The fourth-order valence-electron chi connectivity index (χ4n) is 2.14. The molecule has 0 aromatic heterocycles. The number of benzene rings is 2. The molecule has 0 fully saturated rings. The minimum atomic E-state index is 0.139. The number of ether oxygens (including phenoxy) is 1. The van der Waals surface area contributed by atoms with Crippen LogP contribution in [0.15, 0.2) is 54.6 Å². The maximum absolute atomic E-state index is 11.9. The van der Waals surface area contributed by atoms with Crippen molar-refractivity contribution in [3.8, 4) is 5.75 Å². The van der Waals surface area contributed by atoms with Crippen LogP contribution in [0.1, 0.15) is 22.3 Å². The molecule has 0 spiro atoms. The molecule has 2 rings (SSSR count). The van der Waals surface area contributed by atoms with E-state index in [0.29, 0.717) is 6.54 Å². The fourth-order valence-corrected chi connectivity index (χ4v) is 2.14. The van der Waals surface area contributed by atoms with Crippen LogP contribution in [-0.2, 0) is 6.42 Å². The predicted molar refractivity (Wildman–Crippen MR) is 85.0 cm³/mol. The molecule has 0 aliphatic heterocycles. The molecule has 0 radical (unpaired) electrons. The molecule has 3 heteroatoms. The number of aryl methyl sites for hydroxylation is 1. The van der Waals surface area contributed by atoms with Gasteiger partial charge < -0.3 is 10.1 Å². The van der Waals surface area contributed by atoms with Gasteiger partial charge in [0.2, 0.25) is 0 Å². The molecule has 0 saturated heterocycles. The number of ketones is 1. The topological polar surface area (TPSA) is 38.3 Å². The average molecular weight is 283 g/mol. The van der Waals surface area contributed by atoms with Crippen LogP contribution in [0.4, 0.5) is 0 Å². The molecule has 0 saturated carbocycles. The normalized spacial score (nSPS) is 10.3. The van der Waals surface area contributed by atoms with E-state index in [0.717, 1.165) is 30.7 Å². The number of carbonyl (C=O) groups is 1. The Morgan fingerprint density at radius 2 is 1.76 bits per heavy atom. The van der Waals surface area contributed by atoms with Gasteiger partial charge in [0.05, 0.1) is 13.7 Å². The molecule has 0 heterocycles. The first-order chi connectivity index (χ1) is 10.3. The monoisotopic (exact) mass is 283 g/mol. The third-order valence-corrected chi connectivity index (χ3v) is 3.36. The molecule has 110 valence electrons. The lowest BCUT2D eigenvalue weighted by Crippen LogP contribution is -2.24. The van der Waals surface area contributed by atoms with Crippen molar-refractivity contribution in [3.05, 3.63) is 65.7 Å². The lowest BCUT2D eigenvalue weighted by Gasteiger charge is -2.05. The van der Waals surface area contributed by atoms with E-state index < -0.39 is 0 Å². The summed E-state index contributed by atoms with van der Waals surface area (Å²) in [6.07, 6.45) is 2.00. The van der Waals surface area contributed by atoms with Gasteiger partial charge in [-0.1, -0.05) is 42.5 Å². The van der Waals surface area contributed by atoms with Gasteiger partial charge in [0, 0.05) is 5.56 Å². The van der Waals surface area contributed by atoms with Crippen molar-refractivity contribution in [3.63, 3.8) is 0 Å². The van der Waals surface area contributed by atoms with E-state index in [2.05, 4.69) is 17.4 Å². The van der Waals surface area contributed by atoms with Crippen molar-refractivity contribution < 1.29 is 9.53 Å². The quantitative estimate of drug-likeness (QED) is 0.597. The van der Waals surface area contributed by atoms with Crippen LogP contribution in [0.3, 0.4) is 0 Å². The molecular weight excluding hydrogens is 262 g/mol. The minimum Gasteiger partial charge on any atom is -0.497 e. The maximum atomic E-state index is 11.9. The number of hydrogen-bond acceptors (Lipinski definition) is 3. The van der Waals surface area contributed by atoms with Crippen molar-refractivity contribution in [1.82, 2.24) is 5.32 Å². The summed E-state index contributed by atoms with van der Waals surface area (Å²) in [5.41, 5.74) is 2.05. The summed E-state index contributed by atoms with van der Waals surface area (Å²) in [5, 5.41) is 3.20. The molecule has 0 aliphatic rings. The Morgan fingerprint density at radius 3 is 2.43 bits per heavy atom. The van der Waals surface area contributed by atoms with Crippen molar-refractivity contribution in [2.45, 2.75) is 12.8 Å². The zero-order valence-corrected chi connectivity index (χ0v) is 12.3. The van der Waals surface area contributed by atoms with Crippen molar-refractivity contribution in [2.24, 2.45) is 0 Å². The molecule has 21 heavy (non-hydrogen) atoms. The van der Waals surface area contributed by atoms with E-state index >= 15 is 0 Å². The SMILES string of the molecule is COc1ccc(CCCNCC(=O)c2ccccc2)cc1. The molecule has 0 amide bonds. The molecule has 3 nitrogen and oxygen atoms in total. The Hall–Kier alpha value is -2.13. The Kier molecular flexibility index (Phi) is 5.98. The fraction of sp³-hybridized carbons (Fsp3) is 0.278. The molecule has 0 unspecified atom stereocenters. The highest BCUT2D eigenvalue weighted by Gasteiger charge is 2.03. The summed E-state index contributed by atoms with van der Waals surface area (Å²) in [4.78, 5) is 11.9. The van der Waals surface area contributed by atoms with Crippen LogP contribution in [0.25, 0.3) is 0 Å². The van der Waals surface area contributed by atoms with Crippen LogP contribution in [-0.4, -0.2) is 26.0 Å². The van der Waals surface area contributed by atoms with Gasteiger partial charge in [-0.05, 0) is 37.1 Å². The Morgan fingerprint density at radius 1 is 1.05 bits per heavy atom. The molecule has 2 aromatic carbocycles. The van der Waals surface area contributed by atoms with Crippen LogP contribution in [0.5, 0.6) is 5.75 Å². The molecule has 0 aliphatic carbocycles. The van der Waals surface area contributed by atoms with Crippen molar-refractivity contribution in [2.75, 3.05) is 20.2 Å². The zero-order valence-electron chi connectivity index (χ0n) is 12.3. The lowest BCUT2D eigenvalue weighted by atomic mass is 10.1. The van der Waals surface area contributed by atoms with E-state index in [9.17, 15) is 4.79 Å². The minimum absolute atomic E-state index is 0.139. The van der Waals surface area contributed by atoms with Gasteiger partial charge in [-0.3, -0.25) is 4.79 Å². The van der Waals surface area contributed by atoms with Crippen LogP contribution in [0.2, 0.25) is 0 Å². The highest BCUT2D eigenvalue weighted by molar-refractivity contribution is 5.97. The van der Waals surface area contributed by atoms with E-state index in [-0.39, 0.29) is 5.78 Å². The summed E-state index contributed by atoms with van der Waals surface area (Å²) in [6, 6.07) is 17.5.